The third-order valence-electron chi connectivity index (χ3n) is 8.24. The molecular weight excluding hydrogens is 576 g/mol. The summed E-state index contributed by atoms with van der Waals surface area (Å²) in [6.07, 6.45) is 3.24. The van der Waals surface area contributed by atoms with Gasteiger partial charge in [0.2, 0.25) is 5.95 Å². The molecule has 3 aliphatic rings. The van der Waals surface area contributed by atoms with E-state index in [2.05, 4.69) is 25.2 Å². The number of carbonyl (C=O) groups is 1. The molecule has 45 heavy (non-hydrogen) atoms. The van der Waals surface area contributed by atoms with Gasteiger partial charge in [0.25, 0.3) is 5.69 Å². The van der Waals surface area contributed by atoms with Crippen LogP contribution in [0.1, 0.15) is 65.0 Å². The van der Waals surface area contributed by atoms with Gasteiger partial charge in [-0.15, -0.1) is 0 Å². The maximum Gasteiger partial charge on any atom is 0.343 e. The molecule has 0 spiro atoms. The van der Waals surface area contributed by atoms with Crippen molar-refractivity contribution in [2.24, 2.45) is 0 Å². The van der Waals surface area contributed by atoms with E-state index in [0.29, 0.717) is 41.9 Å². The normalized spacial score (nSPS) is 19.5. The molecule has 2 fully saturated rings. The third kappa shape index (κ3) is 6.08. The van der Waals surface area contributed by atoms with Gasteiger partial charge in [0, 0.05) is 68.2 Å². The van der Waals surface area contributed by atoms with Crippen molar-refractivity contribution in [2.75, 3.05) is 54.9 Å². The van der Waals surface area contributed by atoms with Gasteiger partial charge in [0.15, 0.2) is 5.82 Å². The van der Waals surface area contributed by atoms with Crippen molar-refractivity contribution >= 4 is 40.5 Å². The highest BCUT2D eigenvalue weighted by atomic mass is 16.6. The zero-order chi connectivity index (χ0) is 33.8. The first-order valence-corrected chi connectivity index (χ1v) is 15.2. The quantitative estimate of drug-likeness (QED) is 0.193. The molecule has 1 saturated carbocycles. The Morgan fingerprint density at radius 3 is 2.53 bits per heavy atom. The van der Waals surface area contributed by atoms with Crippen LogP contribution in [0, 0.1) is 17.0 Å². The monoisotopic (exact) mass is 618 g/mol. The highest BCUT2D eigenvalue weighted by Gasteiger charge is 2.40. The summed E-state index contributed by atoms with van der Waals surface area (Å²) in [4.78, 5) is 44.7. The summed E-state index contributed by atoms with van der Waals surface area (Å²) >= 11 is 0. The number of methoxy groups -OCH3 is 1. The fourth-order valence-corrected chi connectivity index (χ4v) is 5.89. The number of pyridine rings is 1. The van der Waals surface area contributed by atoms with Crippen LogP contribution in [-0.2, 0) is 10.2 Å². The molecule has 2 aromatic heterocycles. The second kappa shape index (κ2) is 11.8. The number of carbonyl (C=O) groups excluding carboxylic acids is 1. The van der Waals surface area contributed by atoms with E-state index >= 15 is 0 Å². The second-order valence-corrected chi connectivity index (χ2v) is 12.5. The van der Waals surface area contributed by atoms with Crippen LogP contribution in [0.5, 0.6) is 5.75 Å². The van der Waals surface area contributed by atoms with Gasteiger partial charge in [-0.1, -0.05) is 13.8 Å². The SMILES string of the molecule is [2H]C1([2H])N(c2nc(Nc3cc([N+](=O)[O-])c(N4CCN(C5CC5)CC4)cc3OC)ncc2C(=O)OC(C)C)c2ccc(C)nc2C1(C)C. The number of ether oxygens (including phenoxy) is 2. The molecule has 13 heteroatoms. The fraction of sp³-hybridized carbons (Fsp3) is 0.500. The van der Waals surface area contributed by atoms with E-state index in [9.17, 15) is 17.7 Å². The lowest BCUT2D eigenvalue weighted by atomic mass is 9.91. The number of benzene rings is 1. The second-order valence-electron chi connectivity index (χ2n) is 12.5. The molecule has 13 nitrogen and oxygen atoms in total. The van der Waals surface area contributed by atoms with E-state index in [-0.39, 0.29) is 28.7 Å². The largest absolute Gasteiger partial charge is 0.494 e. The smallest absolute Gasteiger partial charge is 0.343 e. The molecule has 1 aliphatic carbocycles. The molecule has 1 aromatic carbocycles. The predicted molar refractivity (Wildman–Crippen MR) is 171 cm³/mol. The number of esters is 1. The predicted octanol–water partition coefficient (Wildman–Crippen LogP) is 5.12. The van der Waals surface area contributed by atoms with Crippen molar-refractivity contribution in [3.8, 4) is 5.75 Å². The van der Waals surface area contributed by atoms with E-state index in [1.807, 2.05) is 11.8 Å². The van der Waals surface area contributed by atoms with Crippen LogP contribution >= 0.6 is 0 Å². The number of aromatic nitrogens is 3. The summed E-state index contributed by atoms with van der Waals surface area (Å²) in [6, 6.07) is 7.20. The number of rotatable bonds is 9. The summed E-state index contributed by atoms with van der Waals surface area (Å²) < 4.78 is 29.6. The van der Waals surface area contributed by atoms with Gasteiger partial charge in [-0.3, -0.25) is 20.0 Å². The van der Waals surface area contributed by atoms with Gasteiger partial charge < -0.3 is 24.6 Å². The number of nitrogens with one attached hydrogen (secondary N) is 1. The number of nitro groups is 1. The lowest BCUT2D eigenvalue weighted by molar-refractivity contribution is -0.384. The average molecular weight is 619 g/mol. The fourth-order valence-electron chi connectivity index (χ4n) is 5.89. The minimum Gasteiger partial charge on any atom is -0.494 e. The van der Waals surface area contributed by atoms with Crippen molar-refractivity contribution in [1.29, 1.82) is 0 Å². The molecule has 3 aromatic rings. The van der Waals surface area contributed by atoms with Crippen LogP contribution in [-0.4, -0.2) is 82.7 Å². The molecule has 0 unspecified atom stereocenters. The molecule has 6 rings (SSSR count). The number of piperazine rings is 1. The molecule has 0 atom stereocenters. The van der Waals surface area contributed by atoms with E-state index in [0.717, 1.165) is 18.8 Å². The maximum atomic E-state index is 13.3. The van der Waals surface area contributed by atoms with Gasteiger partial charge in [-0.05, 0) is 45.7 Å². The number of nitrogens with zero attached hydrogens (tertiary/aromatic N) is 7. The van der Waals surface area contributed by atoms with Crippen molar-refractivity contribution in [1.82, 2.24) is 19.9 Å². The number of anilines is 5. The van der Waals surface area contributed by atoms with Gasteiger partial charge in [-0.25, -0.2) is 9.78 Å². The van der Waals surface area contributed by atoms with Crippen molar-refractivity contribution in [3.63, 3.8) is 0 Å². The molecule has 1 N–H and O–H groups in total. The summed E-state index contributed by atoms with van der Waals surface area (Å²) in [5, 5.41) is 15.4. The molecular formula is C32H40N8O5. The zero-order valence-corrected chi connectivity index (χ0v) is 26.5. The molecule has 0 bridgehead atoms. The number of nitro benzene ring substituents is 1. The first-order chi connectivity index (χ1) is 22.2. The first-order valence-electron chi connectivity index (χ1n) is 16.2. The Bertz CT molecular complexity index is 1720. The molecule has 2 aliphatic heterocycles. The lowest BCUT2D eigenvalue weighted by Crippen LogP contribution is -2.47. The van der Waals surface area contributed by atoms with E-state index in [1.54, 1.807) is 45.9 Å². The van der Waals surface area contributed by atoms with Crippen LogP contribution in [0.2, 0.25) is 0 Å². The van der Waals surface area contributed by atoms with Gasteiger partial charge >= 0.3 is 5.97 Å². The molecule has 1 saturated heterocycles. The highest BCUT2D eigenvalue weighted by Crippen LogP contribution is 2.45. The van der Waals surface area contributed by atoms with Crippen LogP contribution < -0.4 is 19.9 Å². The Balaban J connectivity index is 1.41. The summed E-state index contributed by atoms with van der Waals surface area (Å²) in [5.74, 6) is -0.440. The standard InChI is InChI=1S/C32H40N8O5/c1-19(2)45-30(41)22-17-33-31(36-29(22)39-18-32(4,5)28-24(39)10-7-20(3)34-28)35-23-15-26(40(42)43)25(16-27(23)44-6)38-13-11-37(12-14-38)21-8-9-21/h7,10,15-17,19,21H,8-9,11-14,18H2,1-6H3,(H,33,35,36)/i18D2. The third-order valence-corrected chi connectivity index (χ3v) is 8.24. The summed E-state index contributed by atoms with van der Waals surface area (Å²) in [6.45, 7) is 9.69. The lowest BCUT2D eigenvalue weighted by Gasteiger charge is -2.36. The van der Waals surface area contributed by atoms with E-state index < -0.39 is 28.9 Å². The number of hydrogen-bond acceptors (Lipinski definition) is 12. The first kappa shape index (κ1) is 28.0. The van der Waals surface area contributed by atoms with Crippen molar-refractivity contribution in [2.45, 2.75) is 65.0 Å². The van der Waals surface area contributed by atoms with Crippen LogP contribution in [0.25, 0.3) is 0 Å². The summed E-state index contributed by atoms with van der Waals surface area (Å²) in [5.41, 5.74) is 1.17. The molecule has 0 amide bonds. The highest BCUT2D eigenvalue weighted by molar-refractivity contribution is 5.96. The van der Waals surface area contributed by atoms with Gasteiger partial charge in [0.1, 0.15) is 17.0 Å². The van der Waals surface area contributed by atoms with Crippen molar-refractivity contribution < 1.29 is 21.9 Å². The number of hydrogen-bond donors (Lipinski definition) is 1. The maximum absolute atomic E-state index is 13.3. The topological polar surface area (TPSA) is 139 Å². The minimum atomic E-state index is -2.07. The Morgan fingerprint density at radius 1 is 1.16 bits per heavy atom. The molecule has 0 radical (unpaired) electrons. The van der Waals surface area contributed by atoms with E-state index in [4.69, 9.17) is 9.47 Å². The van der Waals surface area contributed by atoms with Gasteiger partial charge in [0.05, 0.1) is 37.9 Å². The van der Waals surface area contributed by atoms with Crippen LogP contribution in [0.3, 0.4) is 0 Å². The van der Waals surface area contributed by atoms with E-state index in [1.165, 1.54) is 37.1 Å². The van der Waals surface area contributed by atoms with Crippen molar-refractivity contribution in [3.05, 3.63) is 57.5 Å². The summed E-state index contributed by atoms with van der Waals surface area (Å²) in [7, 11) is 1.48. The number of fused-ring (bicyclic) bond motifs is 1. The molecule has 238 valence electrons. The van der Waals surface area contributed by atoms with Crippen LogP contribution in [0.15, 0.2) is 30.5 Å². The minimum absolute atomic E-state index is 0.0263. The average Bonchev–Trinajstić information content (AvgIpc) is 3.85. The Kier molecular flexibility index (Phi) is 7.32. The number of aryl methyl sites for hydroxylation is 1. The molecule has 4 heterocycles. The van der Waals surface area contributed by atoms with Gasteiger partial charge in [-0.2, -0.15) is 4.98 Å². The Labute approximate surface area is 265 Å². The zero-order valence-electron chi connectivity index (χ0n) is 28.5. The Hall–Kier alpha value is -4.52. The Morgan fingerprint density at radius 2 is 1.89 bits per heavy atom. The van der Waals surface area contributed by atoms with Crippen LogP contribution in [0.4, 0.5) is 34.5 Å².